The quantitative estimate of drug-likeness (QED) is 0.635. The second-order valence-electron chi connectivity index (χ2n) is 4.37. The molecule has 2 N–H and O–H groups in total. The third kappa shape index (κ3) is 1.42. The fourth-order valence-electron chi connectivity index (χ4n) is 3.09. The van der Waals surface area contributed by atoms with Crippen LogP contribution in [0.5, 0.6) is 0 Å². The molecule has 0 bridgehead atoms. The molecule has 0 aromatic heterocycles. The third-order valence-electron chi connectivity index (χ3n) is 3.78. The summed E-state index contributed by atoms with van der Waals surface area (Å²) in [6.45, 7) is 0.0945. The first kappa shape index (κ1) is 9.22. The Labute approximate surface area is 79.3 Å². The van der Waals surface area contributed by atoms with Crippen molar-refractivity contribution in [1.29, 1.82) is 0 Å². The molecule has 2 nitrogen and oxygen atoms in total. The Balaban J connectivity index is 2.09. The topological polar surface area (TPSA) is 40.5 Å². The van der Waals surface area contributed by atoms with E-state index in [1.807, 2.05) is 6.08 Å². The fraction of sp³-hybridized carbons (Fsp3) is 0.818. The highest BCUT2D eigenvalue weighted by Crippen LogP contribution is 2.51. The van der Waals surface area contributed by atoms with Gasteiger partial charge in [0.15, 0.2) is 0 Å². The van der Waals surface area contributed by atoms with E-state index in [1.165, 1.54) is 12.8 Å². The molecule has 2 saturated carbocycles. The lowest BCUT2D eigenvalue weighted by molar-refractivity contribution is -0.00292. The van der Waals surface area contributed by atoms with Gasteiger partial charge in [0.1, 0.15) is 0 Å². The molecule has 0 saturated heterocycles. The first-order chi connectivity index (χ1) is 6.27. The Bertz CT molecular complexity index is 212. The molecule has 2 aliphatic carbocycles. The predicted octanol–water partition coefficient (Wildman–Crippen LogP) is 1.48. The van der Waals surface area contributed by atoms with Gasteiger partial charge in [-0.25, -0.2) is 0 Å². The Morgan fingerprint density at radius 1 is 1.31 bits per heavy atom. The zero-order valence-corrected chi connectivity index (χ0v) is 7.95. The summed E-state index contributed by atoms with van der Waals surface area (Å²) < 4.78 is 0. The van der Waals surface area contributed by atoms with Gasteiger partial charge in [0.2, 0.25) is 0 Å². The number of hydrogen-bond donors (Lipinski definition) is 2. The lowest BCUT2D eigenvalue weighted by Gasteiger charge is -2.27. The first-order valence-electron chi connectivity index (χ1n) is 5.27. The molecule has 0 aromatic carbocycles. The van der Waals surface area contributed by atoms with Crippen molar-refractivity contribution in [2.24, 2.45) is 11.8 Å². The van der Waals surface area contributed by atoms with Gasteiger partial charge in [0.25, 0.3) is 0 Å². The number of aliphatic hydroxyl groups excluding tert-OH is 1. The van der Waals surface area contributed by atoms with Gasteiger partial charge in [-0.3, -0.25) is 0 Å². The van der Waals surface area contributed by atoms with E-state index in [0.717, 1.165) is 19.3 Å². The predicted molar refractivity (Wildman–Crippen MR) is 51.2 cm³/mol. The summed E-state index contributed by atoms with van der Waals surface area (Å²) >= 11 is 0. The second-order valence-corrected chi connectivity index (χ2v) is 4.37. The van der Waals surface area contributed by atoms with E-state index in [2.05, 4.69) is 0 Å². The van der Waals surface area contributed by atoms with E-state index in [0.29, 0.717) is 11.8 Å². The van der Waals surface area contributed by atoms with E-state index in [9.17, 15) is 5.11 Å². The maximum absolute atomic E-state index is 10.4. The van der Waals surface area contributed by atoms with Crippen LogP contribution in [0.25, 0.3) is 0 Å². The average molecular weight is 182 g/mol. The molecule has 0 amide bonds. The lowest BCUT2D eigenvalue weighted by Crippen LogP contribution is -2.34. The Morgan fingerprint density at radius 3 is 2.92 bits per heavy atom. The molecular formula is C11H18O2. The van der Waals surface area contributed by atoms with Crippen LogP contribution in [0.1, 0.15) is 32.1 Å². The molecule has 0 unspecified atom stereocenters. The molecule has 2 heteroatoms. The number of hydrogen-bond acceptors (Lipinski definition) is 2. The summed E-state index contributed by atoms with van der Waals surface area (Å²) in [6, 6.07) is 0. The smallest absolute Gasteiger partial charge is 0.0738 e. The van der Waals surface area contributed by atoms with Gasteiger partial charge in [0, 0.05) is 5.92 Å². The minimum Gasteiger partial charge on any atom is -0.392 e. The van der Waals surface area contributed by atoms with Gasteiger partial charge in [-0.05, 0) is 31.6 Å². The summed E-state index contributed by atoms with van der Waals surface area (Å²) in [7, 11) is 0. The van der Waals surface area contributed by atoms with Crippen molar-refractivity contribution in [2.45, 2.75) is 37.7 Å². The van der Waals surface area contributed by atoms with Gasteiger partial charge < -0.3 is 10.2 Å². The van der Waals surface area contributed by atoms with Gasteiger partial charge in [-0.2, -0.15) is 0 Å². The maximum atomic E-state index is 10.4. The summed E-state index contributed by atoms with van der Waals surface area (Å²) in [5.74, 6) is 0.827. The van der Waals surface area contributed by atoms with Crippen LogP contribution < -0.4 is 0 Å². The maximum Gasteiger partial charge on any atom is 0.0738 e. The zero-order chi connectivity index (χ0) is 9.31. The Hall–Kier alpha value is -0.340. The van der Waals surface area contributed by atoms with Crippen molar-refractivity contribution >= 4 is 0 Å². The lowest BCUT2D eigenvalue weighted by atomic mass is 9.86. The van der Waals surface area contributed by atoms with E-state index in [4.69, 9.17) is 5.11 Å². The number of aliphatic hydroxyl groups is 2. The van der Waals surface area contributed by atoms with Crippen molar-refractivity contribution in [3.8, 4) is 0 Å². The van der Waals surface area contributed by atoms with Crippen molar-refractivity contribution in [2.75, 3.05) is 6.61 Å². The molecule has 0 heterocycles. The van der Waals surface area contributed by atoms with E-state index in [1.54, 1.807) is 6.08 Å². The fourth-order valence-corrected chi connectivity index (χ4v) is 3.09. The van der Waals surface area contributed by atoms with Crippen LogP contribution in [0.2, 0.25) is 0 Å². The van der Waals surface area contributed by atoms with Crippen molar-refractivity contribution in [3.05, 3.63) is 12.2 Å². The molecule has 2 aliphatic rings. The van der Waals surface area contributed by atoms with Crippen LogP contribution in [0.4, 0.5) is 0 Å². The van der Waals surface area contributed by atoms with E-state index >= 15 is 0 Å². The highest BCUT2D eigenvalue weighted by Gasteiger charge is 2.50. The van der Waals surface area contributed by atoms with Crippen molar-refractivity contribution in [1.82, 2.24) is 0 Å². The molecule has 13 heavy (non-hydrogen) atoms. The summed E-state index contributed by atoms with van der Waals surface area (Å²) in [5, 5.41) is 19.1. The second kappa shape index (κ2) is 3.43. The monoisotopic (exact) mass is 182 g/mol. The van der Waals surface area contributed by atoms with Crippen molar-refractivity contribution in [3.63, 3.8) is 0 Å². The minimum atomic E-state index is -0.425. The molecule has 0 spiro atoms. The molecule has 3 atom stereocenters. The summed E-state index contributed by atoms with van der Waals surface area (Å²) in [4.78, 5) is 0. The highest BCUT2D eigenvalue weighted by atomic mass is 16.3. The van der Waals surface area contributed by atoms with E-state index in [-0.39, 0.29) is 6.61 Å². The van der Waals surface area contributed by atoms with E-state index < -0.39 is 5.60 Å². The van der Waals surface area contributed by atoms with Crippen LogP contribution >= 0.6 is 0 Å². The van der Waals surface area contributed by atoms with Crippen LogP contribution in [0.3, 0.4) is 0 Å². The molecule has 2 fully saturated rings. The average Bonchev–Trinajstić information content (AvgIpc) is 2.59. The molecule has 0 radical (unpaired) electrons. The molecular weight excluding hydrogens is 164 g/mol. The Kier molecular flexibility index (Phi) is 2.43. The first-order valence-corrected chi connectivity index (χ1v) is 5.27. The highest BCUT2D eigenvalue weighted by molar-refractivity contribution is 5.09. The largest absolute Gasteiger partial charge is 0.392 e. The van der Waals surface area contributed by atoms with Gasteiger partial charge in [0.05, 0.1) is 12.2 Å². The third-order valence-corrected chi connectivity index (χ3v) is 3.78. The summed E-state index contributed by atoms with van der Waals surface area (Å²) in [5.41, 5.74) is -0.425. The van der Waals surface area contributed by atoms with Gasteiger partial charge in [-0.15, -0.1) is 0 Å². The SMILES string of the molecule is OC/C=C/[C@H]1CC[C@H]2CCC[C@]21O. The number of rotatable bonds is 2. The molecule has 0 aliphatic heterocycles. The minimum absolute atomic E-state index is 0.0945. The summed E-state index contributed by atoms with van der Waals surface area (Å²) in [6.07, 6.45) is 9.35. The van der Waals surface area contributed by atoms with Crippen LogP contribution in [-0.2, 0) is 0 Å². The zero-order valence-electron chi connectivity index (χ0n) is 7.95. The van der Waals surface area contributed by atoms with Gasteiger partial charge >= 0.3 is 0 Å². The van der Waals surface area contributed by atoms with Gasteiger partial charge in [-0.1, -0.05) is 18.6 Å². The van der Waals surface area contributed by atoms with Crippen molar-refractivity contribution < 1.29 is 10.2 Å². The molecule has 74 valence electrons. The molecule has 2 rings (SSSR count). The normalized spacial score (nSPS) is 44.5. The van der Waals surface area contributed by atoms with Crippen LogP contribution in [-0.4, -0.2) is 22.4 Å². The van der Waals surface area contributed by atoms with Crippen LogP contribution in [0, 0.1) is 11.8 Å². The Morgan fingerprint density at radius 2 is 2.15 bits per heavy atom. The standard InChI is InChI=1S/C11H18O2/c12-8-2-4-10-6-5-9-3-1-7-11(9,10)13/h2,4,9-10,12-13H,1,3,5-8H2/b4-2+/t9-,10+,11+/m1/s1. The number of fused-ring (bicyclic) bond motifs is 1. The van der Waals surface area contributed by atoms with Crippen LogP contribution in [0.15, 0.2) is 12.2 Å². The molecule has 0 aromatic rings.